The summed E-state index contributed by atoms with van der Waals surface area (Å²) in [6, 6.07) is 32.6. The molecule has 0 radical (unpaired) electrons. The van der Waals surface area contributed by atoms with Gasteiger partial charge in [0.25, 0.3) is 0 Å². The van der Waals surface area contributed by atoms with Crippen LogP contribution in [0.15, 0.2) is 84.9 Å². The first-order chi connectivity index (χ1) is 17.9. The van der Waals surface area contributed by atoms with Crippen molar-refractivity contribution >= 4 is 29.8 Å². The fraction of sp³-hybridized carbons (Fsp3) is 0.273. The summed E-state index contributed by atoms with van der Waals surface area (Å²) in [7, 11) is 16.8. The molecule has 0 spiro atoms. The van der Waals surface area contributed by atoms with Gasteiger partial charge in [-0.15, -0.1) is 0 Å². The van der Waals surface area contributed by atoms with Crippen molar-refractivity contribution in [2.24, 2.45) is 0 Å². The van der Waals surface area contributed by atoms with Crippen LogP contribution in [0.25, 0.3) is 22.3 Å². The summed E-state index contributed by atoms with van der Waals surface area (Å²) in [5, 5.41) is 0. The Labute approximate surface area is 230 Å². The zero-order valence-electron chi connectivity index (χ0n) is 21.9. The van der Waals surface area contributed by atoms with Crippen molar-refractivity contribution in [1.82, 2.24) is 0 Å². The molecule has 0 nitrogen and oxygen atoms in total. The molecule has 0 saturated heterocycles. The molecule has 0 amide bonds. The predicted octanol–water partition coefficient (Wildman–Crippen LogP) is 8.71. The van der Waals surface area contributed by atoms with Gasteiger partial charge in [0, 0.05) is 0 Å². The second-order valence-corrected chi connectivity index (χ2v) is 65.7. The third-order valence-corrected chi connectivity index (χ3v) is 74.3. The summed E-state index contributed by atoms with van der Waals surface area (Å²) in [4.78, 5) is 0. The summed E-state index contributed by atoms with van der Waals surface area (Å²) < 4.78 is 2.68. The number of unbranched alkanes of at least 4 members (excludes halogenated alkanes) is 3. The molecule has 0 aromatic heterocycles. The molecule has 2 aliphatic carbocycles. The van der Waals surface area contributed by atoms with E-state index < -0.39 is 21.3 Å². The van der Waals surface area contributed by atoms with Gasteiger partial charge in [0.2, 0.25) is 0 Å². The molecule has 189 valence electrons. The first kappa shape index (κ1) is 25.8. The van der Waals surface area contributed by atoms with Gasteiger partial charge in [-0.05, 0) is 0 Å². The summed E-state index contributed by atoms with van der Waals surface area (Å²) in [5.41, 5.74) is 11.0. The van der Waals surface area contributed by atoms with Crippen molar-refractivity contribution in [1.29, 1.82) is 0 Å². The van der Waals surface area contributed by atoms with Crippen LogP contribution in [0.1, 0.15) is 54.9 Å². The van der Waals surface area contributed by atoms with Crippen LogP contribution in [0.4, 0.5) is 0 Å². The topological polar surface area (TPSA) is 0 Å². The molecule has 2 aliphatic rings. The number of halogens is 2. The van der Waals surface area contributed by atoms with E-state index in [-0.39, 0.29) is 0 Å². The average Bonchev–Trinajstić information content (AvgIpc) is 3.49. The van der Waals surface area contributed by atoms with Gasteiger partial charge < -0.3 is 0 Å². The Morgan fingerprint density at radius 2 is 1.11 bits per heavy atom. The van der Waals surface area contributed by atoms with E-state index in [1.54, 1.807) is 0 Å². The quantitative estimate of drug-likeness (QED) is 0.110. The van der Waals surface area contributed by atoms with Crippen molar-refractivity contribution in [3.05, 3.63) is 107 Å². The fourth-order valence-corrected chi connectivity index (χ4v) is 53.6. The van der Waals surface area contributed by atoms with Crippen molar-refractivity contribution in [2.75, 3.05) is 0 Å². The Balaban J connectivity index is 1.56. The van der Waals surface area contributed by atoms with E-state index in [1.807, 2.05) is 0 Å². The Morgan fingerprint density at radius 3 is 1.62 bits per heavy atom. The molecule has 0 heterocycles. The Kier molecular flexibility index (Phi) is 6.93. The first-order valence-electron chi connectivity index (χ1n) is 13.9. The van der Waals surface area contributed by atoms with E-state index >= 15 is 0 Å². The normalized spacial score (nSPS) is 15.3. The second-order valence-electron chi connectivity index (χ2n) is 11.2. The maximum absolute atomic E-state index is 8.41. The molecule has 1 atom stereocenters. The van der Waals surface area contributed by atoms with Crippen molar-refractivity contribution in [3.63, 3.8) is 0 Å². The second kappa shape index (κ2) is 9.94. The van der Waals surface area contributed by atoms with Crippen LogP contribution in [0, 0.1) is 0 Å². The molecular formula is C33H35Cl2HfSi. The molecule has 4 aromatic carbocycles. The van der Waals surface area contributed by atoms with E-state index in [9.17, 15) is 0 Å². The van der Waals surface area contributed by atoms with Crippen LogP contribution in [0.5, 0.6) is 0 Å². The standard InChI is InChI=1S/2C13H9.C7H17Si.2ClH.Hf/c2*1-3-7-12-10(5-1)9-11-6-2-4-8-13(11)12;1-3-4-5-6-7-8-2;;;/h2*1-5,7-8H,9H2;8H,3-7H2,1-2H3;2*1H;/q;;;;;+2/p-2. The van der Waals surface area contributed by atoms with Gasteiger partial charge in [0.05, 0.1) is 0 Å². The first-order valence-corrected chi connectivity index (χ1v) is 35.2. The monoisotopic (exact) mass is 709 g/mol. The number of rotatable bonds is 8. The van der Waals surface area contributed by atoms with Crippen LogP contribution < -0.4 is 6.64 Å². The Morgan fingerprint density at radius 1 is 0.622 bits per heavy atom. The predicted molar refractivity (Wildman–Crippen MR) is 162 cm³/mol. The van der Waals surface area contributed by atoms with E-state index in [1.165, 1.54) is 82.9 Å². The Bertz CT molecular complexity index is 1390. The van der Waals surface area contributed by atoms with Gasteiger partial charge in [0.1, 0.15) is 0 Å². The molecular weight excluding hydrogens is 674 g/mol. The van der Waals surface area contributed by atoms with E-state index in [2.05, 4.69) is 98.4 Å². The number of fused-ring (bicyclic) bond motifs is 6. The third-order valence-electron chi connectivity index (χ3n) is 9.05. The van der Waals surface area contributed by atoms with E-state index in [4.69, 9.17) is 17.2 Å². The van der Waals surface area contributed by atoms with Gasteiger partial charge >= 0.3 is 233 Å². The van der Waals surface area contributed by atoms with Gasteiger partial charge in [-0.2, -0.15) is 0 Å². The molecule has 4 aromatic rings. The minimum absolute atomic E-state index is 0.944. The Hall–Kier alpha value is -1.45. The summed E-state index contributed by atoms with van der Waals surface area (Å²) in [6.07, 6.45) is 6.97. The SMILES string of the molecule is CCCCCC[SiH](C)[Hf]([Cl])([Cl])([c]1cccc2c1Cc1ccccc1-2)[c]1cccc2c1Cc1ccccc1-2. The maximum atomic E-state index is 8.41. The molecule has 6 rings (SSSR count). The third kappa shape index (κ3) is 4.09. The number of benzene rings is 4. The zero-order valence-corrected chi connectivity index (χ0v) is 28.1. The summed E-state index contributed by atoms with van der Waals surface area (Å²) in [5.74, 6) is -1.56. The molecule has 0 saturated carbocycles. The zero-order chi connectivity index (χ0) is 25.6. The average molecular weight is 709 g/mol. The number of hydrogen-bond acceptors (Lipinski definition) is 0. The van der Waals surface area contributed by atoms with Gasteiger partial charge in [-0.3, -0.25) is 0 Å². The van der Waals surface area contributed by atoms with Crippen LogP contribution in [0.3, 0.4) is 0 Å². The van der Waals surface area contributed by atoms with E-state index in [0.29, 0.717) is 0 Å². The van der Waals surface area contributed by atoms with Crippen LogP contribution in [-0.4, -0.2) is 5.98 Å². The minimum atomic E-state index is -4.88. The van der Waals surface area contributed by atoms with Crippen LogP contribution in [-0.2, 0) is 28.1 Å². The molecule has 0 fully saturated rings. The molecule has 0 aliphatic heterocycles. The molecule has 0 bridgehead atoms. The summed E-state index contributed by atoms with van der Waals surface area (Å²) >= 11 is -4.88. The van der Waals surface area contributed by atoms with Crippen LogP contribution >= 0.6 is 17.2 Å². The van der Waals surface area contributed by atoms with Crippen molar-refractivity contribution < 1.29 is 15.3 Å². The van der Waals surface area contributed by atoms with Crippen molar-refractivity contribution in [2.45, 2.75) is 58.0 Å². The molecule has 1 unspecified atom stereocenters. The van der Waals surface area contributed by atoms with Crippen molar-refractivity contribution in [3.8, 4) is 22.3 Å². The molecule has 37 heavy (non-hydrogen) atoms. The fourth-order valence-electron chi connectivity index (χ4n) is 6.98. The van der Waals surface area contributed by atoms with Gasteiger partial charge in [0.15, 0.2) is 0 Å². The summed E-state index contributed by atoms with van der Waals surface area (Å²) in [6.45, 7) is 4.79. The molecule has 4 heteroatoms. The van der Waals surface area contributed by atoms with E-state index in [0.717, 1.165) is 12.8 Å². The van der Waals surface area contributed by atoms with Gasteiger partial charge in [-0.25, -0.2) is 0 Å². The van der Waals surface area contributed by atoms with Gasteiger partial charge in [-0.1, -0.05) is 0 Å². The van der Waals surface area contributed by atoms with Crippen LogP contribution in [0.2, 0.25) is 12.6 Å². The number of hydrogen-bond donors (Lipinski definition) is 0. The molecule has 0 N–H and O–H groups in total.